The van der Waals surface area contributed by atoms with Gasteiger partial charge in [-0.2, -0.15) is 0 Å². The van der Waals surface area contributed by atoms with Gasteiger partial charge in [0.05, 0.1) is 82.0 Å². The lowest BCUT2D eigenvalue weighted by molar-refractivity contribution is -0.392. The summed E-state index contributed by atoms with van der Waals surface area (Å²) in [6, 6.07) is 6.64. The molecule has 0 spiro atoms. The molecule has 1 aromatic carbocycles. The first-order valence-electron chi connectivity index (χ1n) is 40.9. The van der Waals surface area contributed by atoms with Crippen molar-refractivity contribution in [2.24, 2.45) is 50.2 Å². The van der Waals surface area contributed by atoms with Gasteiger partial charge in [0.15, 0.2) is 43.8 Å². The molecule has 0 radical (unpaired) electrons. The molecule has 674 valence electrons. The second-order valence-electron chi connectivity index (χ2n) is 36.2. The summed E-state index contributed by atoms with van der Waals surface area (Å²) in [6.45, 7) is 9.57. The molecule has 11 fully saturated rings. The summed E-state index contributed by atoms with van der Waals surface area (Å²) in [6.07, 6.45) is -51.5. The number of hydrogen-bond acceptors (Lipinski definition) is 38. The Balaban J connectivity index is 0.724. The quantitative estimate of drug-likeness (QED) is 0.0211. The van der Waals surface area contributed by atoms with Crippen molar-refractivity contribution in [3.05, 3.63) is 47.6 Å². The van der Waals surface area contributed by atoms with Gasteiger partial charge in [-0.15, -0.1) is 0 Å². The molecule has 39 nitrogen and oxygen atoms in total. The van der Waals surface area contributed by atoms with Gasteiger partial charge in [-0.25, -0.2) is 4.79 Å². The van der Waals surface area contributed by atoms with E-state index in [9.17, 15) is 112 Å². The zero-order chi connectivity index (χ0) is 86.6. The van der Waals surface area contributed by atoms with Crippen LogP contribution in [0.25, 0.3) is 6.08 Å². The van der Waals surface area contributed by atoms with E-state index in [2.05, 4.69) is 20.8 Å². The van der Waals surface area contributed by atoms with Crippen molar-refractivity contribution in [3.8, 4) is 5.75 Å². The molecule has 1 aromatic rings. The summed E-state index contributed by atoms with van der Waals surface area (Å²) in [5.74, 6) is -4.30. The zero-order valence-corrected chi connectivity index (χ0v) is 67.6. The molecule has 4 saturated carbocycles. The molecule has 20 N–H and O–H groups in total. The highest BCUT2D eigenvalue weighted by Crippen LogP contribution is 2.76. The third-order valence-electron chi connectivity index (χ3n) is 28.8. The Morgan fingerprint density at radius 1 is 0.521 bits per heavy atom. The van der Waals surface area contributed by atoms with Crippen LogP contribution < -0.4 is 4.74 Å². The highest BCUT2D eigenvalue weighted by atomic mass is 16.8. The predicted molar refractivity (Wildman–Crippen MR) is 395 cm³/mol. The molecule has 0 bridgehead atoms. The van der Waals surface area contributed by atoms with E-state index in [4.69, 9.17) is 75.8 Å². The summed E-state index contributed by atoms with van der Waals surface area (Å²) in [5, 5.41) is 224. The van der Waals surface area contributed by atoms with E-state index in [1.165, 1.54) is 40.9 Å². The van der Waals surface area contributed by atoms with Gasteiger partial charge < -0.3 is 178 Å². The second-order valence-corrected chi connectivity index (χ2v) is 36.2. The molecule has 119 heavy (non-hydrogen) atoms. The summed E-state index contributed by atoms with van der Waals surface area (Å²) in [7, 11) is 1.48. The number of aliphatic carboxylic acids is 1. The molecule has 7 saturated heterocycles. The fourth-order valence-corrected chi connectivity index (χ4v) is 21.7. The Kier molecular flexibility index (Phi) is 27.5. The summed E-state index contributed by atoms with van der Waals surface area (Å²) in [4.78, 5) is 44.0. The number of esters is 2. The van der Waals surface area contributed by atoms with Crippen molar-refractivity contribution in [2.75, 3.05) is 46.8 Å². The zero-order valence-electron chi connectivity index (χ0n) is 67.6. The topological polar surface area (TPSA) is 603 Å². The van der Waals surface area contributed by atoms with Crippen LogP contribution in [0.5, 0.6) is 5.75 Å². The van der Waals surface area contributed by atoms with Crippen LogP contribution in [0.3, 0.4) is 0 Å². The lowest BCUT2D eigenvalue weighted by Crippen LogP contribution is -2.71. The maximum absolute atomic E-state index is 16.0. The fraction of sp³-hybridized carbons (Fsp3) is 0.838. The Bertz CT molecular complexity index is 3730. The number of carbonyl (C=O) groups excluding carboxylic acids is 2. The Morgan fingerprint density at radius 2 is 1.10 bits per heavy atom. The normalized spacial score (nSPS) is 50.5. The number of aliphatic hydroxyl groups excluding tert-OH is 18. The number of fused-ring (bicyclic) bond motifs is 7. The van der Waals surface area contributed by atoms with Gasteiger partial charge >= 0.3 is 17.9 Å². The highest BCUT2D eigenvalue weighted by molar-refractivity contribution is 5.87. The van der Waals surface area contributed by atoms with Crippen LogP contribution in [0.15, 0.2) is 42.0 Å². The first-order chi connectivity index (χ1) is 56.1. The number of carboxylic acids is 1. The number of carboxylic acid groups (broad SMARTS) is 1. The molecule has 0 aromatic heterocycles. The van der Waals surface area contributed by atoms with Crippen LogP contribution in [0, 0.1) is 50.2 Å². The van der Waals surface area contributed by atoms with E-state index in [0.717, 1.165) is 11.6 Å². The van der Waals surface area contributed by atoms with Crippen LogP contribution in [-0.2, 0) is 85.4 Å². The molecule has 7 aliphatic heterocycles. The largest absolute Gasteiger partial charge is 0.497 e. The maximum atomic E-state index is 16.0. The van der Waals surface area contributed by atoms with Gasteiger partial charge in [0.2, 0.25) is 6.29 Å². The maximum Gasteiger partial charge on any atom is 0.331 e. The minimum Gasteiger partial charge on any atom is -0.497 e. The number of allylic oxidation sites excluding steroid dienone is 1. The monoisotopic (exact) mass is 1700 g/mol. The van der Waals surface area contributed by atoms with Gasteiger partial charge in [0.1, 0.15) is 140 Å². The Morgan fingerprint density at radius 3 is 1.75 bits per heavy atom. The van der Waals surface area contributed by atoms with Crippen LogP contribution in [0.4, 0.5) is 0 Å². The minimum absolute atomic E-state index is 0.0135. The summed E-state index contributed by atoms with van der Waals surface area (Å²) in [5.41, 5.74) is -7.30. The van der Waals surface area contributed by atoms with Crippen molar-refractivity contribution in [1.29, 1.82) is 0 Å². The van der Waals surface area contributed by atoms with Gasteiger partial charge in [-0.05, 0) is 143 Å². The summed E-state index contributed by atoms with van der Waals surface area (Å²) >= 11 is 0. The average molecular weight is 1710 g/mol. The third-order valence-corrected chi connectivity index (χ3v) is 28.8. The van der Waals surface area contributed by atoms with E-state index in [1.807, 2.05) is 13.0 Å². The van der Waals surface area contributed by atoms with Crippen LogP contribution in [0.1, 0.15) is 119 Å². The molecule has 12 aliphatic rings. The predicted octanol–water partition coefficient (Wildman–Crippen LogP) is -4.92. The first-order valence-corrected chi connectivity index (χ1v) is 40.9. The number of benzene rings is 1. The van der Waals surface area contributed by atoms with Gasteiger partial charge in [-0.3, -0.25) is 9.59 Å². The van der Waals surface area contributed by atoms with Crippen molar-refractivity contribution in [1.82, 2.24) is 0 Å². The van der Waals surface area contributed by atoms with E-state index in [0.29, 0.717) is 37.0 Å². The van der Waals surface area contributed by atoms with E-state index in [-0.39, 0.29) is 38.7 Å². The van der Waals surface area contributed by atoms with Crippen LogP contribution in [0.2, 0.25) is 0 Å². The molecular weight excluding hydrogens is 1580 g/mol. The minimum atomic E-state index is -2.16. The highest BCUT2D eigenvalue weighted by Gasteiger charge is 2.74. The van der Waals surface area contributed by atoms with Crippen molar-refractivity contribution >= 4 is 24.0 Å². The number of ether oxygens (including phenoxy) is 16. The van der Waals surface area contributed by atoms with E-state index >= 15 is 4.79 Å². The van der Waals surface area contributed by atoms with Gasteiger partial charge in [0.25, 0.3) is 0 Å². The molecule has 0 amide bonds. The second kappa shape index (κ2) is 35.5. The van der Waals surface area contributed by atoms with Crippen LogP contribution >= 0.6 is 0 Å². The molecule has 39 heteroatoms. The first kappa shape index (κ1) is 92.3. The number of rotatable bonds is 23. The SMILES string of the molecule is COc1ccc(C=CC(=O)O[C@@H]2[C@H](O[C@H]3O[C@@H](C)[C@H](O)[C@H](O)[C@@H]3O[C@@H]3O[C@@H](C)[C@@H](O[C@H]4OC[C@@H](O[C@H]5O[C@@H](CO)[C@H](O)[C@H](O[C@@H]6OC[C@@](O)(CO)[C@@H]6O)[C@@H]5O)[C@H](O)[C@@H]4O)[C@@H](O)[C@@H]3O)[C@H](O)[C@@H](OC(=O)[C@@]34CCC(C)(C)C[C@H]3C3=CC[C@H]5[C@]6(C)C[C@@H](O)[C@@H](O[C@H]7O[C@@H](CO)[C@H](O)[C@H](O)[C@@H]7O)[C@](C)(C(=O)O)[C@H]6CC[C@@]5(C)[C@]3(CO)CC4)O[C@H]2C)cc1. The molecule has 0 unspecified atom stereocenters. The number of methoxy groups -OCH3 is 1. The van der Waals surface area contributed by atoms with Crippen molar-refractivity contribution < 1.29 is 192 Å². The molecule has 13 rings (SSSR count). The lowest BCUT2D eigenvalue weighted by Gasteiger charge is -2.71. The molecule has 5 aliphatic carbocycles. The van der Waals surface area contributed by atoms with Gasteiger partial charge in [-0.1, -0.05) is 51.5 Å². The standard InChI is InChI=1S/C80H120O39/c1-32-46(87)51(92)62(117-66-55(96)52(93)58(33(2)108-66)114-65-53(94)48(89)42(28-105-65)112-69-56(97)60(49(90)41(27-82)111-69)115-71-63(99)80(103,30-84)31-106-71)70(107-32)116-61-57(98)68(109-34(3)59(61)113-45(86)17-12-35-10-13-36(104-9)14-11-35)119-73(102)78-21-20-74(4,5)24-38(78)37-15-16-43-75(6)25-39(85)64(118-67-54(95)50(91)47(88)40(26-81)110-67)77(8,72(100)101)44(75)18-19-76(43,7)79(37,29-83)23-22-78/h10-15,17,32-34,38-44,46-71,81-85,87-99,103H,16,18-31H2,1-9H3,(H,100,101)/t32-,33-,34-,38-,39+,40-,41-,42+,43-,44-,46-,47-,48-,49-,50-,51-,52-,53-,54-,55-,56-,57-,58+,59-,60-,61+,62-,63+,64+,65+,66-,67+,68+,69+,70+,71-,75-,76+,77+,78+,79-,80-/m0/s1. The molecule has 7 heterocycles. The summed E-state index contributed by atoms with van der Waals surface area (Å²) < 4.78 is 95.3. The molecule has 42 atom stereocenters. The smallest absolute Gasteiger partial charge is 0.331 e. The van der Waals surface area contributed by atoms with E-state index < -0.39 is 310 Å². The Labute approximate surface area is 685 Å². The Hall–Kier alpha value is -4.37. The molecular formula is C80H120O39. The van der Waals surface area contributed by atoms with E-state index in [1.54, 1.807) is 24.3 Å². The number of carbonyl (C=O) groups is 3. The van der Waals surface area contributed by atoms with Crippen LogP contribution in [-0.4, -0.2) is 375 Å². The average Bonchev–Trinajstić information content (AvgIpc) is 0.874. The number of aliphatic hydroxyl groups is 19. The van der Waals surface area contributed by atoms with Crippen molar-refractivity contribution in [3.63, 3.8) is 0 Å². The fourth-order valence-electron chi connectivity index (χ4n) is 21.7. The van der Waals surface area contributed by atoms with Gasteiger partial charge in [0, 0.05) is 11.5 Å². The number of hydrogen-bond donors (Lipinski definition) is 20. The third kappa shape index (κ3) is 16.4. The van der Waals surface area contributed by atoms with Crippen molar-refractivity contribution in [2.45, 2.75) is 322 Å². The lowest BCUT2D eigenvalue weighted by atomic mass is 9.33.